The van der Waals surface area contributed by atoms with Crippen molar-refractivity contribution in [3.8, 4) is 5.75 Å². The first-order chi connectivity index (χ1) is 15.0. The average Bonchev–Trinajstić information content (AvgIpc) is 3.21. The van der Waals surface area contributed by atoms with Crippen LogP contribution in [0.3, 0.4) is 0 Å². The molecule has 0 spiro atoms. The Morgan fingerprint density at radius 2 is 1.71 bits per heavy atom. The van der Waals surface area contributed by atoms with Crippen LogP contribution in [0.1, 0.15) is 36.9 Å². The molecular formula is C25H32N4O2. The first-order valence-electron chi connectivity index (χ1n) is 11.0. The van der Waals surface area contributed by atoms with Gasteiger partial charge in [0.15, 0.2) is 0 Å². The van der Waals surface area contributed by atoms with Crippen LogP contribution in [0.15, 0.2) is 60.9 Å². The van der Waals surface area contributed by atoms with Gasteiger partial charge in [0.25, 0.3) is 0 Å². The van der Waals surface area contributed by atoms with Crippen LogP contribution in [0.4, 0.5) is 5.69 Å². The molecule has 0 amide bonds. The molecule has 1 aliphatic heterocycles. The van der Waals surface area contributed by atoms with E-state index in [-0.39, 0.29) is 6.10 Å². The lowest BCUT2D eigenvalue weighted by Gasteiger charge is -2.37. The molecule has 1 saturated heterocycles. The summed E-state index contributed by atoms with van der Waals surface area (Å²) in [7, 11) is 1.91. The van der Waals surface area contributed by atoms with E-state index in [1.165, 1.54) is 5.56 Å². The van der Waals surface area contributed by atoms with Crippen molar-refractivity contribution in [2.24, 2.45) is 7.05 Å². The highest BCUT2D eigenvalue weighted by Crippen LogP contribution is 2.30. The Morgan fingerprint density at radius 1 is 1.00 bits per heavy atom. The van der Waals surface area contributed by atoms with Crippen molar-refractivity contribution >= 4 is 5.69 Å². The number of imidazole rings is 1. The van der Waals surface area contributed by atoms with Crippen molar-refractivity contribution in [2.75, 3.05) is 31.1 Å². The Bertz CT molecular complexity index is 975. The predicted molar refractivity (Wildman–Crippen MR) is 123 cm³/mol. The van der Waals surface area contributed by atoms with E-state index in [0.29, 0.717) is 5.82 Å². The highest BCUT2D eigenvalue weighted by molar-refractivity contribution is 5.56. The molecule has 1 fully saturated rings. The Balaban J connectivity index is 1.39. The Hall–Kier alpha value is -2.83. The summed E-state index contributed by atoms with van der Waals surface area (Å²) in [5, 5.41) is 11.0. The van der Waals surface area contributed by atoms with E-state index in [9.17, 15) is 5.11 Å². The summed E-state index contributed by atoms with van der Waals surface area (Å²) in [6.45, 7) is 8.85. The van der Waals surface area contributed by atoms with Crippen molar-refractivity contribution in [1.82, 2.24) is 14.5 Å². The third-order valence-electron chi connectivity index (χ3n) is 5.75. The third kappa shape index (κ3) is 5.09. The lowest BCUT2D eigenvalue weighted by molar-refractivity contribution is 0.205. The number of anilines is 1. The van der Waals surface area contributed by atoms with E-state index < -0.39 is 6.10 Å². The fourth-order valence-electron chi connectivity index (χ4n) is 4.14. The van der Waals surface area contributed by atoms with Crippen LogP contribution in [0, 0.1) is 0 Å². The molecule has 2 aromatic carbocycles. The molecule has 0 radical (unpaired) electrons. The number of rotatable bonds is 7. The second-order valence-corrected chi connectivity index (χ2v) is 8.43. The number of para-hydroxylation sites is 1. The molecule has 0 aliphatic carbocycles. The van der Waals surface area contributed by atoms with E-state index in [1.807, 2.05) is 49.9 Å². The smallest absolute Gasteiger partial charge is 0.142 e. The van der Waals surface area contributed by atoms with Gasteiger partial charge in [-0.1, -0.05) is 30.3 Å². The Morgan fingerprint density at radius 3 is 2.35 bits per heavy atom. The standard InChI is InChI=1S/C25H32N4O2/c1-19(2)31-21-10-8-20(9-11-21)18-28-14-16-29(17-15-28)23-7-5-4-6-22(23)24(30)25-26-12-13-27(25)3/h4-13,19,24,30H,14-18H2,1-3H3. The van der Waals surface area contributed by atoms with Crippen LogP contribution in [0.5, 0.6) is 5.75 Å². The molecule has 0 saturated carbocycles. The summed E-state index contributed by atoms with van der Waals surface area (Å²) in [5.41, 5.74) is 3.30. The highest BCUT2D eigenvalue weighted by atomic mass is 16.5. The van der Waals surface area contributed by atoms with Gasteiger partial charge >= 0.3 is 0 Å². The molecule has 2 heterocycles. The first kappa shape index (κ1) is 21.4. The average molecular weight is 421 g/mol. The second kappa shape index (κ2) is 9.54. The van der Waals surface area contributed by atoms with Gasteiger partial charge < -0.3 is 19.3 Å². The van der Waals surface area contributed by atoms with Crippen LogP contribution in [0.2, 0.25) is 0 Å². The number of aryl methyl sites for hydroxylation is 1. The van der Waals surface area contributed by atoms with Crippen molar-refractivity contribution in [3.05, 3.63) is 77.9 Å². The minimum absolute atomic E-state index is 0.192. The van der Waals surface area contributed by atoms with Crippen molar-refractivity contribution < 1.29 is 9.84 Å². The van der Waals surface area contributed by atoms with Gasteiger partial charge in [-0.05, 0) is 37.6 Å². The number of piperazine rings is 1. The largest absolute Gasteiger partial charge is 0.491 e. The maximum absolute atomic E-state index is 11.0. The minimum Gasteiger partial charge on any atom is -0.491 e. The molecule has 0 bridgehead atoms. The number of hydrogen-bond acceptors (Lipinski definition) is 5. The van der Waals surface area contributed by atoms with Gasteiger partial charge in [0, 0.05) is 63.4 Å². The summed E-state index contributed by atoms with van der Waals surface area (Å²) in [6.07, 6.45) is 3.04. The van der Waals surface area contributed by atoms with Crippen LogP contribution in [-0.2, 0) is 13.6 Å². The molecule has 6 nitrogen and oxygen atoms in total. The summed E-state index contributed by atoms with van der Waals surface area (Å²) in [6, 6.07) is 16.5. The van der Waals surface area contributed by atoms with Crippen LogP contribution < -0.4 is 9.64 Å². The monoisotopic (exact) mass is 420 g/mol. The van der Waals surface area contributed by atoms with Gasteiger partial charge in [-0.15, -0.1) is 0 Å². The molecule has 1 aliphatic rings. The Labute approximate surface area is 184 Å². The molecule has 4 rings (SSSR count). The first-order valence-corrected chi connectivity index (χ1v) is 11.0. The SMILES string of the molecule is CC(C)Oc1ccc(CN2CCN(c3ccccc3C(O)c3nccn3C)CC2)cc1. The van der Waals surface area contributed by atoms with Crippen molar-refractivity contribution in [3.63, 3.8) is 0 Å². The summed E-state index contributed by atoms with van der Waals surface area (Å²) in [5.74, 6) is 1.59. The van der Waals surface area contributed by atoms with E-state index in [1.54, 1.807) is 6.20 Å². The maximum Gasteiger partial charge on any atom is 0.142 e. The summed E-state index contributed by atoms with van der Waals surface area (Å²) < 4.78 is 7.61. The number of nitrogens with zero attached hydrogens (tertiary/aromatic N) is 4. The van der Waals surface area contributed by atoms with Gasteiger partial charge in [0.05, 0.1) is 6.10 Å². The molecule has 31 heavy (non-hydrogen) atoms. The summed E-state index contributed by atoms with van der Waals surface area (Å²) >= 11 is 0. The van der Waals surface area contributed by atoms with Gasteiger partial charge in [0.1, 0.15) is 17.7 Å². The van der Waals surface area contributed by atoms with Crippen LogP contribution >= 0.6 is 0 Å². The lowest BCUT2D eigenvalue weighted by Crippen LogP contribution is -2.46. The highest BCUT2D eigenvalue weighted by Gasteiger charge is 2.24. The molecule has 1 atom stereocenters. The van der Waals surface area contributed by atoms with Gasteiger partial charge in [-0.25, -0.2) is 4.98 Å². The van der Waals surface area contributed by atoms with Crippen molar-refractivity contribution in [2.45, 2.75) is 32.6 Å². The number of benzene rings is 2. The number of aromatic nitrogens is 2. The minimum atomic E-state index is -0.735. The number of aliphatic hydroxyl groups excluding tert-OH is 1. The zero-order valence-electron chi connectivity index (χ0n) is 18.6. The zero-order valence-corrected chi connectivity index (χ0v) is 18.6. The number of hydrogen-bond donors (Lipinski definition) is 1. The van der Waals surface area contributed by atoms with E-state index in [4.69, 9.17) is 4.74 Å². The second-order valence-electron chi connectivity index (χ2n) is 8.43. The molecule has 1 unspecified atom stereocenters. The molecule has 1 aromatic heterocycles. The number of aliphatic hydroxyl groups is 1. The van der Waals surface area contributed by atoms with Gasteiger partial charge in [-0.2, -0.15) is 0 Å². The molecule has 3 aromatic rings. The van der Waals surface area contributed by atoms with E-state index in [0.717, 1.165) is 49.7 Å². The van der Waals surface area contributed by atoms with E-state index in [2.05, 4.69) is 45.1 Å². The quantitative estimate of drug-likeness (QED) is 0.633. The molecular weight excluding hydrogens is 388 g/mol. The van der Waals surface area contributed by atoms with Crippen LogP contribution in [-0.4, -0.2) is 51.8 Å². The third-order valence-corrected chi connectivity index (χ3v) is 5.75. The van der Waals surface area contributed by atoms with Crippen molar-refractivity contribution in [1.29, 1.82) is 0 Å². The normalized spacial score (nSPS) is 16.0. The Kier molecular flexibility index (Phi) is 6.59. The predicted octanol–water partition coefficient (Wildman–Crippen LogP) is 3.61. The molecule has 164 valence electrons. The lowest BCUT2D eigenvalue weighted by atomic mass is 10.0. The zero-order chi connectivity index (χ0) is 21.8. The molecule has 6 heteroatoms. The van der Waals surface area contributed by atoms with Crippen LogP contribution in [0.25, 0.3) is 0 Å². The maximum atomic E-state index is 11.0. The van der Waals surface area contributed by atoms with Gasteiger partial charge in [-0.3, -0.25) is 4.90 Å². The van der Waals surface area contributed by atoms with Gasteiger partial charge in [0.2, 0.25) is 0 Å². The topological polar surface area (TPSA) is 53.8 Å². The molecule has 1 N–H and O–H groups in total. The fourth-order valence-corrected chi connectivity index (χ4v) is 4.14. The summed E-state index contributed by atoms with van der Waals surface area (Å²) in [4.78, 5) is 9.19. The van der Waals surface area contributed by atoms with E-state index >= 15 is 0 Å². The fraction of sp³-hybridized carbons (Fsp3) is 0.400. The number of ether oxygens (including phenoxy) is 1.